The van der Waals surface area contributed by atoms with Crippen LogP contribution in [0.2, 0.25) is 0 Å². The van der Waals surface area contributed by atoms with Crippen molar-refractivity contribution in [3.63, 3.8) is 0 Å². The summed E-state index contributed by atoms with van der Waals surface area (Å²) in [6.45, 7) is -0.00136. The lowest BCUT2D eigenvalue weighted by Gasteiger charge is -2.19. The second kappa shape index (κ2) is 8.29. The Morgan fingerprint density at radius 2 is 2.00 bits per heavy atom. The van der Waals surface area contributed by atoms with Gasteiger partial charge in [0.25, 0.3) is 0 Å². The van der Waals surface area contributed by atoms with Crippen molar-refractivity contribution < 1.29 is 24.2 Å². The highest BCUT2D eigenvalue weighted by Gasteiger charge is 2.16. The molecule has 0 spiro atoms. The molecule has 0 aliphatic carbocycles. The summed E-state index contributed by atoms with van der Waals surface area (Å²) < 4.78 is 4.90. The van der Waals surface area contributed by atoms with E-state index in [1.54, 1.807) is 0 Å². The highest BCUT2D eigenvalue weighted by Crippen LogP contribution is 1.96. The number of hydrogen-bond donors (Lipinski definition) is 3. The van der Waals surface area contributed by atoms with Gasteiger partial charge in [-0.3, -0.25) is 9.59 Å². The number of likely N-dealkylation sites (N-methyl/N-ethyl adjacent to an activating group) is 2. The lowest BCUT2D eigenvalue weighted by atomic mass is 10.2. The highest BCUT2D eigenvalue weighted by molar-refractivity contribution is 5.83. The van der Waals surface area contributed by atoms with Crippen LogP contribution in [0.25, 0.3) is 0 Å². The molecule has 0 aromatic rings. The summed E-state index contributed by atoms with van der Waals surface area (Å²) in [5.74, 6) is -1.30. The molecule has 0 fully saturated rings. The molecule has 1 atom stereocenters. The Kier molecular flexibility index (Phi) is 7.45. The number of carboxylic acids is 1. The number of nitrogens with one attached hydrogen (secondary N) is 2. The van der Waals surface area contributed by atoms with Crippen molar-refractivity contribution in [2.45, 2.75) is 12.5 Å². The van der Waals surface area contributed by atoms with Gasteiger partial charge in [-0.05, 0) is 0 Å². The number of hydrogen-bond acceptors (Lipinski definition) is 4. The normalized spacial score (nSPS) is 11.5. The Balaban J connectivity index is 4.07. The third-order valence-electron chi connectivity index (χ3n) is 2.22. The molecule has 0 aromatic carbocycles. The van der Waals surface area contributed by atoms with Gasteiger partial charge in [-0.2, -0.15) is 0 Å². The van der Waals surface area contributed by atoms with E-state index < -0.39 is 18.1 Å². The van der Waals surface area contributed by atoms with Crippen LogP contribution in [0.5, 0.6) is 0 Å². The predicted octanol–water partition coefficient (Wildman–Crippen LogP) is -1.14. The largest absolute Gasteiger partial charge is 0.481 e. The van der Waals surface area contributed by atoms with E-state index in [9.17, 15) is 14.4 Å². The maximum Gasteiger partial charge on any atom is 0.317 e. The molecule has 0 saturated carbocycles. The SMILES string of the molecule is CNC(=O)CN(C)C(=O)NCC(CC(=O)O)OC. The summed E-state index contributed by atoms with van der Waals surface area (Å²) in [7, 11) is 4.31. The maximum absolute atomic E-state index is 11.5. The second-order valence-electron chi connectivity index (χ2n) is 3.67. The number of nitrogens with zero attached hydrogens (tertiary/aromatic N) is 1. The van der Waals surface area contributed by atoms with Gasteiger partial charge in [-0.25, -0.2) is 4.79 Å². The van der Waals surface area contributed by atoms with Gasteiger partial charge in [0.1, 0.15) is 6.54 Å². The summed E-state index contributed by atoms with van der Waals surface area (Å²) in [6.07, 6.45) is -0.796. The molecule has 0 rings (SSSR count). The van der Waals surface area contributed by atoms with E-state index in [0.717, 1.165) is 0 Å². The van der Waals surface area contributed by atoms with Crippen LogP contribution in [-0.4, -0.2) is 68.3 Å². The first-order valence-corrected chi connectivity index (χ1v) is 5.34. The number of carbonyl (C=O) groups excluding carboxylic acids is 2. The van der Waals surface area contributed by atoms with Gasteiger partial charge in [0.15, 0.2) is 0 Å². The quantitative estimate of drug-likeness (QED) is 0.537. The standard InChI is InChI=1S/C10H19N3O5/c1-11-8(14)6-13(2)10(17)12-5-7(18-3)4-9(15)16/h7H,4-6H2,1-3H3,(H,11,14)(H,12,17)(H,15,16). The maximum atomic E-state index is 11.5. The summed E-state index contributed by atoms with van der Waals surface area (Å²) in [5, 5.41) is 13.5. The zero-order valence-corrected chi connectivity index (χ0v) is 10.7. The molecule has 0 bridgehead atoms. The van der Waals surface area contributed by atoms with Gasteiger partial charge in [-0.1, -0.05) is 0 Å². The van der Waals surface area contributed by atoms with Gasteiger partial charge in [0.05, 0.1) is 12.5 Å². The first-order valence-electron chi connectivity index (χ1n) is 5.34. The van der Waals surface area contributed by atoms with Crippen LogP contribution in [0.4, 0.5) is 4.79 Å². The van der Waals surface area contributed by atoms with Gasteiger partial charge in [-0.15, -0.1) is 0 Å². The summed E-state index contributed by atoms with van der Waals surface area (Å²) in [5.41, 5.74) is 0. The molecule has 0 aliphatic heterocycles. The first kappa shape index (κ1) is 16.2. The number of urea groups is 1. The van der Waals surface area contributed by atoms with E-state index in [2.05, 4.69) is 10.6 Å². The predicted molar refractivity (Wildman–Crippen MR) is 63.1 cm³/mol. The molecular formula is C10H19N3O5. The minimum atomic E-state index is -1.00. The number of amides is 3. The number of carbonyl (C=O) groups is 3. The van der Waals surface area contributed by atoms with E-state index in [1.807, 2.05) is 0 Å². The first-order chi connectivity index (χ1) is 8.40. The van der Waals surface area contributed by atoms with Crippen molar-refractivity contribution >= 4 is 17.9 Å². The fourth-order valence-electron chi connectivity index (χ4n) is 1.14. The monoisotopic (exact) mass is 261 g/mol. The van der Waals surface area contributed by atoms with E-state index >= 15 is 0 Å². The van der Waals surface area contributed by atoms with E-state index in [-0.39, 0.29) is 25.4 Å². The molecule has 3 amide bonds. The van der Waals surface area contributed by atoms with E-state index in [4.69, 9.17) is 9.84 Å². The molecule has 0 aliphatic rings. The average molecular weight is 261 g/mol. The molecule has 0 radical (unpaired) electrons. The molecule has 0 saturated heterocycles. The zero-order valence-electron chi connectivity index (χ0n) is 10.7. The van der Waals surface area contributed by atoms with E-state index in [1.165, 1.54) is 26.1 Å². The Morgan fingerprint density at radius 1 is 1.39 bits per heavy atom. The molecular weight excluding hydrogens is 242 g/mol. The number of methoxy groups -OCH3 is 1. The molecule has 18 heavy (non-hydrogen) atoms. The van der Waals surface area contributed by atoms with Gasteiger partial charge in [0.2, 0.25) is 5.91 Å². The topological polar surface area (TPSA) is 108 Å². The number of ether oxygens (including phenoxy) is 1. The molecule has 8 nitrogen and oxygen atoms in total. The molecule has 0 heterocycles. The Morgan fingerprint density at radius 3 is 2.44 bits per heavy atom. The summed E-state index contributed by atoms with van der Waals surface area (Å²) in [6, 6.07) is -0.467. The molecule has 0 aromatic heterocycles. The van der Waals surface area contributed by atoms with Gasteiger partial charge >= 0.3 is 12.0 Å². The van der Waals surface area contributed by atoms with Crippen LogP contribution in [0.1, 0.15) is 6.42 Å². The van der Waals surface area contributed by atoms with Crippen molar-refractivity contribution in [3.8, 4) is 0 Å². The zero-order chi connectivity index (χ0) is 14.1. The number of rotatable bonds is 7. The van der Waals surface area contributed by atoms with Crippen LogP contribution in [0, 0.1) is 0 Å². The Bertz CT molecular complexity index is 308. The minimum Gasteiger partial charge on any atom is -0.481 e. The van der Waals surface area contributed by atoms with Crippen molar-refractivity contribution in [2.24, 2.45) is 0 Å². The van der Waals surface area contributed by atoms with Crippen molar-refractivity contribution in [1.29, 1.82) is 0 Å². The van der Waals surface area contributed by atoms with Crippen LogP contribution in [-0.2, 0) is 14.3 Å². The third kappa shape index (κ3) is 6.69. The molecule has 3 N–H and O–H groups in total. The average Bonchev–Trinajstić information content (AvgIpc) is 2.33. The highest BCUT2D eigenvalue weighted by atomic mass is 16.5. The lowest BCUT2D eigenvalue weighted by molar-refractivity contribution is -0.139. The minimum absolute atomic E-state index is 0.0692. The van der Waals surface area contributed by atoms with Gasteiger partial charge in [0, 0.05) is 27.7 Å². The third-order valence-corrected chi connectivity index (χ3v) is 2.22. The van der Waals surface area contributed by atoms with Gasteiger partial charge < -0.3 is 25.4 Å². The van der Waals surface area contributed by atoms with E-state index in [0.29, 0.717) is 0 Å². The van der Waals surface area contributed by atoms with Crippen LogP contribution < -0.4 is 10.6 Å². The van der Waals surface area contributed by atoms with Crippen LogP contribution in [0.15, 0.2) is 0 Å². The van der Waals surface area contributed by atoms with Crippen LogP contribution >= 0.6 is 0 Å². The summed E-state index contributed by atoms with van der Waals surface area (Å²) >= 11 is 0. The fraction of sp³-hybridized carbons (Fsp3) is 0.700. The smallest absolute Gasteiger partial charge is 0.317 e. The van der Waals surface area contributed by atoms with Crippen molar-refractivity contribution in [2.75, 3.05) is 34.3 Å². The fourth-order valence-corrected chi connectivity index (χ4v) is 1.14. The van der Waals surface area contributed by atoms with Crippen LogP contribution in [0.3, 0.4) is 0 Å². The second-order valence-corrected chi connectivity index (χ2v) is 3.67. The lowest BCUT2D eigenvalue weighted by Crippen LogP contribution is -2.45. The Hall–Kier alpha value is -1.83. The van der Waals surface area contributed by atoms with Crippen molar-refractivity contribution in [3.05, 3.63) is 0 Å². The number of carboxylic acid groups (broad SMARTS) is 1. The molecule has 104 valence electrons. The Labute approximate surface area is 105 Å². The van der Waals surface area contributed by atoms with Crippen molar-refractivity contribution in [1.82, 2.24) is 15.5 Å². The summed E-state index contributed by atoms with van der Waals surface area (Å²) in [4.78, 5) is 34.2. The molecule has 8 heteroatoms. The molecule has 1 unspecified atom stereocenters. The number of aliphatic carboxylic acids is 1.